The van der Waals surface area contributed by atoms with E-state index in [-0.39, 0.29) is 12.3 Å². The van der Waals surface area contributed by atoms with Gasteiger partial charge < -0.3 is 15.9 Å². The first-order valence-corrected chi connectivity index (χ1v) is 12.3. The third-order valence-corrected chi connectivity index (χ3v) is 6.15. The summed E-state index contributed by atoms with van der Waals surface area (Å²) in [6.45, 7) is 16.6. The van der Waals surface area contributed by atoms with E-state index in [0.29, 0.717) is 11.7 Å². The van der Waals surface area contributed by atoms with E-state index in [0.717, 1.165) is 61.5 Å². The molecule has 0 saturated heterocycles. The molecule has 1 heterocycles. The number of hydrogen-bond acceptors (Lipinski definition) is 5. The van der Waals surface area contributed by atoms with Crippen molar-refractivity contribution in [3.05, 3.63) is 47.7 Å². The molecule has 2 unspecified atom stereocenters. The summed E-state index contributed by atoms with van der Waals surface area (Å²) < 4.78 is 5.73. The van der Waals surface area contributed by atoms with Crippen LogP contribution in [0.5, 0.6) is 0 Å². The van der Waals surface area contributed by atoms with Gasteiger partial charge in [0.2, 0.25) is 0 Å². The average molecular weight is 455 g/mol. The van der Waals surface area contributed by atoms with Crippen molar-refractivity contribution in [3.63, 3.8) is 0 Å². The van der Waals surface area contributed by atoms with Gasteiger partial charge in [-0.15, -0.1) is 0 Å². The van der Waals surface area contributed by atoms with Gasteiger partial charge >= 0.3 is 0 Å². The average Bonchev–Trinajstić information content (AvgIpc) is 3.38. The van der Waals surface area contributed by atoms with E-state index < -0.39 is 0 Å². The monoisotopic (exact) mass is 454 g/mol. The van der Waals surface area contributed by atoms with Crippen molar-refractivity contribution in [1.29, 1.82) is 0 Å². The first-order chi connectivity index (χ1) is 15.9. The molecule has 1 aromatic heterocycles. The van der Waals surface area contributed by atoms with Crippen LogP contribution in [0.3, 0.4) is 0 Å². The SMILES string of the molecule is CCC(/N=C(\N)c1ccc(/C(N)=N/C(CC)N(CC)CC)c(-c2ccco2)c1)N(CC)CC. The largest absolute Gasteiger partial charge is 0.464 e. The molecular formula is C26H42N6O. The van der Waals surface area contributed by atoms with Crippen molar-refractivity contribution >= 4 is 11.7 Å². The number of benzene rings is 1. The van der Waals surface area contributed by atoms with Crippen LogP contribution >= 0.6 is 0 Å². The summed E-state index contributed by atoms with van der Waals surface area (Å²) in [6.07, 6.45) is 3.54. The molecule has 1 aromatic carbocycles. The summed E-state index contributed by atoms with van der Waals surface area (Å²) in [6, 6.07) is 9.74. The molecule has 0 amide bonds. The molecule has 2 aromatic rings. The number of nitrogens with zero attached hydrogens (tertiary/aromatic N) is 4. The minimum atomic E-state index is 0.0372. The number of rotatable bonds is 13. The van der Waals surface area contributed by atoms with Gasteiger partial charge in [0.1, 0.15) is 29.8 Å². The van der Waals surface area contributed by atoms with Crippen molar-refractivity contribution in [2.24, 2.45) is 21.5 Å². The van der Waals surface area contributed by atoms with Crippen molar-refractivity contribution < 1.29 is 4.42 Å². The highest BCUT2D eigenvalue weighted by atomic mass is 16.3. The molecule has 0 spiro atoms. The van der Waals surface area contributed by atoms with Crippen LogP contribution in [0.2, 0.25) is 0 Å². The van der Waals surface area contributed by atoms with Crippen molar-refractivity contribution in [3.8, 4) is 11.3 Å². The summed E-state index contributed by atoms with van der Waals surface area (Å²) in [5.74, 6) is 1.74. The predicted molar refractivity (Wildman–Crippen MR) is 140 cm³/mol. The zero-order valence-electron chi connectivity index (χ0n) is 21.2. The van der Waals surface area contributed by atoms with Crippen LogP contribution in [-0.4, -0.2) is 60.0 Å². The van der Waals surface area contributed by atoms with E-state index in [1.165, 1.54) is 0 Å². The maximum atomic E-state index is 6.54. The molecular weight excluding hydrogens is 412 g/mol. The predicted octanol–water partition coefficient (Wildman–Crippen LogP) is 4.51. The van der Waals surface area contributed by atoms with Gasteiger partial charge in [0.05, 0.1) is 6.26 Å². The minimum Gasteiger partial charge on any atom is -0.464 e. The molecule has 2 rings (SSSR count). The van der Waals surface area contributed by atoms with Gasteiger partial charge in [-0.05, 0) is 63.3 Å². The molecule has 182 valence electrons. The Balaban J connectivity index is 2.51. The quantitative estimate of drug-likeness (QED) is 0.343. The van der Waals surface area contributed by atoms with Crippen molar-refractivity contribution in [2.45, 2.75) is 66.7 Å². The summed E-state index contributed by atoms with van der Waals surface area (Å²) in [4.78, 5) is 14.3. The van der Waals surface area contributed by atoms with E-state index >= 15 is 0 Å². The molecule has 0 bridgehead atoms. The molecule has 0 saturated carbocycles. The molecule has 7 heteroatoms. The van der Waals surface area contributed by atoms with Crippen LogP contribution in [0.15, 0.2) is 51.0 Å². The highest BCUT2D eigenvalue weighted by Gasteiger charge is 2.18. The molecule has 33 heavy (non-hydrogen) atoms. The third-order valence-electron chi connectivity index (χ3n) is 6.15. The van der Waals surface area contributed by atoms with Crippen LogP contribution in [0.25, 0.3) is 11.3 Å². The van der Waals surface area contributed by atoms with Crippen molar-refractivity contribution in [1.82, 2.24) is 9.80 Å². The van der Waals surface area contributed by atoms with Gasteiger partial charge in [0.15, 0.2) is 0 Å². The molecule has 0 fully saturated rings. The summed E-state index contributed by atoms with van der Waals surface area (Å²) in [7, 11) is 0. The Kier molecular flexibility index (Phi) is 10.6. The molecule has 0 aliphatic carbocycles. The lowest BCUT2D eigenvalue weighted by Crippen LogP contribution is -2.35. The minimum absolute atomic E-state index is 0.0372. The Labute approximate surface area is 199 Å². The summed E-state index contributed by atoms with van der Waals surface area (Å²) >= 11 is 0. The zero-order chi connectivity index (χ0) is 24.4. The molecule has 0 aliphatic heterocycles. The molecule has 0 aliphatic rings. The lowest BCUT2D eigenvalue weighted by molar-refractivity contribution is 0.218. The lowest BCUT2D eigenvalue weighted by Gasteiger charge is -2.26. The molecule has 7 nitrogen and oxygen atoms in total. The van der Waals surface area contributed by atoms with E-state index in [9.17, 15) is 0 Å². The van der Waals surface area contributed by atoms with Crippen molar-refractivity contribution in [2.75, 3.05) is 26.2 Å². The van der Waals surface area contributed by atoms with E-state index in [1.54, 1.807) is 6.26 Å². The second-order valence-corrected chi connectivity index (χ2v) is 7.99. The molecule has 4 N–H and O–H groups in total. The highest BCUT2D eigenvalue weighted by molar-refractivity contribution is 6.06. The Hall–Kier alpha value is -2.64. The van der Waals surface area contributed by atoms with E-state index in [4.69, 9.17) is 25.9 Å². The fourth-order valence-corrected chi connectivity index (χ4v) is 4.18. The first kappa shape index (κ1) is 26.6. The smallest absolute Gasteiger partial charge is 0.134 e. The fraction of sp³-hybridized carbons (Fsp3) is 0.538. The van der Waals surface area contributed by atoms with E-state index in [1.807, 2.05) is 30.3 Å². The topological polar surface area (TPSA) is 96.4 Å². The Bertz CT molecular complexity index is 898. The summed E-state index contributed by atoms with van der Waals surface area (Å²) in [5, 5.41) is 0. The Morgan fingerprint density at radius 1 is 0.818 bits per heavy atom. The van der Waals surface area contributed by atoms with E-state index in [2.05, 4.69) is 51.3 Å². The Morgan fingerprint density at radius 2 is 1.36 bits per heavy atom. The van der Waals surface area contributed by atoms with Gasteiger partial charge in [0, 0.05) is 16.7 Å². The second kappa shape index (κ2) is 13.2. The number of nitrogens with two attached hydrogens (primary N) is 2. The van der Waals surface area contributed by atoms with Crippen LogP contribution in [0.4, 0.5) is 0 Å². The highest BCUT2D eigenvalue weighted by Crippen LogP contribution is 2.26. The van der Waals surface area contributed by atoms with Crippen LogP contribution in [0, 0.1) is 0 Å². The van der Waals surface area contributed by atoms with Crippen LogP contribution in [0.1, 0.15) is 65.5 Å². The van der Waals surface area contributed by atoms with Gasteiger partial charge in [-0.2, -0.15) is 0 Å². The summed E-state index contributed by atoms with van der Waals surface area (Å²) in [5.41, 5.74) is 15.6. The first-order valence-electron chi connectivity index (χ1n) is 12.3. The zero-order valence-corrected chi connectivity index (χ0v) is 21.2. The van der Waals surface area contributed by atoms with Crippen LogP contribution in [-0.2, 0) is 0 Å². The van der Waals surface area contributed by atoms with Crippen LogP contribution < -0.4 is 11.5 Å². The number of aliphatic imine (C=N–C) groups is 2. The lowest BCUT2D eigenvalue weighted by atomic mass is 10.0. The van der Waals surface area contributed by atoms with Gasteiger partial charge in [0.25, 0.3) is 0 Å². The molecule has 0 radical (unpaired) electrons. The van der Waals surface area contributed by atoms with Gasteiger partial charge in [-0.25, -0.2) is 9.98 Å². The molecule has 2 atom stereocenters. The van der Waals surface area contributed by atoms with Gasteiger partial charge in [-0.1, -0.05) is 47.6 Å². The maximum Gasteiger partial charge on any atom is 0.134 e. The fourth-order valence-electron chi connectivity index (χ4n) is 4.18. The Morgan fingerprint density at radius 3 is 1.82 bits per heavy atom. The van der Waals surface area contributed by atoms with Gasteiger partial charge in [-0.3, -0.25) is 9.80 Å². The second-order valence-electron chi connectivity index (χ2n) is 7.99. The third kappa shape index (κ3) is 6.68. The number of hydrogen-bond donors (Lipinski definition) is 2. The number of amidine groups is 2. The standard InChI is InChI=1S/C26H42N6O/c1-7-23(31(9-3)10-4)29-25(27)19-15-16-20(21(18-19)22-14-13-17-33-22)26(28)30-24(8-2)32(11-5)12-6/h13-18,23-24H,7-12H2,1-6H3,(H2,27,29)(H2,28,30). The maximum absolute atomic E-state index is 6.54. The normalized spacial score (nSPS) is 14.8. The number of furan rings is 1.